The molecular formula is C11H10N4O. The van der Waals surface area contributed by atoms with Crippen molar-refractivity contribution in [2.75, 3.05) is 5.32 Å². The van der Waals surface area contributed by atoms with E-state index in [4.69, 9.17) is 16.3 Å². The molecule has 1 atom stereocenters. The van der Waals surface area contributed by atoms with Gasteiger partial charge >= 0.3 is 0 Å². The first-order valence-corrected chi connectivity index (χ1v) is 4.59. The predicted molar refractivity (Wildman–Crippen MR) is 58.2 cm³/mol. The molecule has 0 unspecified atom stereocenters. The number of nitrogens with one attached hydrogen (secondary N) is 1. The Morgan fingerprint density at radius 3 is 2.50 bits per heavy atom. The summed E-state index contributed by atoms with van der Waals surface area (Å²) in [5.74, 6) is -0.339. The van der Waals surface area contributed by atoms with E-state index in [1.807, 2.05) is 12.1 Å². The number of carbonyl (C=O) groups excluding carboxylic acids is 1. The molecular weight excluding hydrogens is 204 g/mol. The second-order valence-corrected chi connectivity index (χ2v) is 3.26. The first-order valence-electron chi connectivity index (χ1n) is 4.59. The van der Waals surface area contributed by atoms with Gasteiger partial charge < -0.3 is 11.1 Å². The fraction of sp³-hybridized carbons (Fsp3) is 0.182. The van der Waals surface area contributed by atoms with Crippen molar-refractivity contribution in [1.82, 2.24) is 0 Å². The van der Waals surface area contributed by atoms with E-state index in [1.54, 1.807) is 13.0 Å². The number of hydrogen-bond acceptors (Lipinski definition) is 4. The van der Waals surface area contributed by atoms with Crippen LogP contribution >= 0.6 is 0 Å². The van der Waals surface area contributed by atoms with Gasteiger partial charge in [-0.25, -0.2) is 0 Å². The van der Waals surface area contributed by atoms with Gasteiger partial charge in [0.05, 0.1) is 17.2 Å². The summed E-state index contributed by atoms with van der Waals surface area (Å²) >= 11 is 0. The topological polar surface area (TPSA) is 103 Å². The normalized spacial score (nSPS) is 11.0. The molecule has 3 N–H and O–H groups in total. The van der Waals surface area contributed by atoms with E-state index in [9.17, 15) is 4.79 Å². The fourth-order valence-corrected chi connectivity index (χ4v) is 1.07. The highest BCUT2D eigenvalue weighted by atomic mass is 16.2. The van der Waals surface area contributed by atoms with Gasteiger partial charge in [-0.2, -0.15) is 10.5 Å². The zero-order valence-electron chi connectivity index (χ0n) is 8.69. The lowest BCUT2D eigenvalue weighted by atomic mass is 10.1. The first-order chi connectivity index (χ1) is 7.58. The van der Waals surface area contributed by atoms with E-state index in [2.05, 4.69) is 5.32 Å². The summed E-state index contributed by atoms with van der Waals surface area (Å²) < 4.78 is 0. The Morgan fingerprint density at radius 1 is 1.38 bits per heavy atom. The van der Waals surface area contributed by atoms with E-state index in [-0.39, 0.29) is 17.0 Å². The van der Waals surface area contributed by atoms with Gasteiger partial charge in [0.15, 0.2) is 0 Å². The van der Waals surface area contributed by atoms with Crippen LogP contribution in [0.1, 0.15) is 18.1 Å². The zero-order valence-corrected chi connectivity index (χ0v) is 8.69. The molecule has 1 aromatic rings. The highest BCUT2D eigenvalue weighted by molar-refractivity contribution is 5.94. The summed E-state index contributed by atoms with van der Waals surface area (Å²) in [7, 11) is 0. The summed E-state index contributed by atoms with van der Waals surface area (Å²) in [5, 5.41) is 20.0. The minimum atomic E-state index is -0.624. The van der Waals surface area contributed by atoms with Crippen LogP contribution in [0.25, 0.3) is 0 Å². The van der Waals surface area contributed by atoms with Crippen LogP contribution in [-0.2, 0) is 4.79 Å². The Bertz CT molecular complexity index is 494. The molecule has 80 valence electrons. The van der Waals surface area contributed by atoms with E-state index in [0.717, 1.165) is 0 Å². The molecule has 0 bridgehead atoms. The molecule has 1 aromatic carbocycles. The molecule has 0 radical (unpaired) electrons. The van der Waals surface area contributed by atoms with Gasteiger partial charge in [0.1, 0.15) is 12.1 Å². The number of benzene rings is 1. The molecule has 5 nitrogen and oxygen atoms in total. The van der Waals surface area contributed by atoms with Gasteiger partial charge in [-0.05, 0) is 25.1 Å². The van der Waals surface area contributed by atoms with Gasteiger partial charge in [-0.15, -0.1) is 0 Å². The van der Waals surface area contributed by atoms with Crippen molar-refractivity contribution < 1.29 is 4.79 Å². The molecule has 1 amide bonds. The predicted octanol–water partition coefficient (Wildman–Crippen LogP) is 0.716. The quantitative estimate of drug-likeness (QED) is 0.756. The lowest BCUT2D eigenvalue weighted by Crippen LogP contribution is -2.32. The molecule has 0 aliphatic carbocycles. The molecule has 1 rings (SSSR count). The Morgan fingerprint density at radius 2 is 2.00 bits per heavy atom. The average molecular weight is 214 g/mol. The molecule has 0 aliphatic heterocycles. The maximum absolute atomic E-state index is 11.3. The molecule has 16 heavy (non-hydrogen) atoms. The Balaban J connectivity index is 2.98. The van der Waals surface area contributed by atoms with E-state index in [0.29, 0.717) is 5.69 Å². The zero-order chi connectivity index (χ0) is 12.1. The second kappa shape index (κ2) is 4.92. The average Bonchev–Trinajstić information content (AvgIpc) is 2.28. The molecule has 0 aromatic heterocycles. The van der Waals surface area contributed by atoms with Crippen LogP contribution in [0.5, 0.6) is 0 Å². The lowest BCUT2D eigenvalue weighted by molar-refractivity contribution is -0.117. The molecule has 0 saturated heterocycles. The van der Waals surface area contributed by atoms with Gasteiger partial charge in [0.25, 0.3) is 0 Å². The third-order valence-corrected chi connectivity index (χ3v) is 1.94. The smallest absolute Gasteiger partial charge is 0.240 e. The Hall–Kier alpha value is -2.37. The maximum atomic E-state index is 11.3. The third kappa shape index (κ3) is 2.57. The summed E-state index contributed by atoms with van der Waals surface area (Å²) in [6.07, 6.45) is 0. The number of amides is 1. The van der Waals surface area contributed by atoms with Crippen LogP contribution in [0.3, 0.4) is 0 Å². The standard InChI is InChI=1S/C11H10N4O/c1-7(14)11(16)15-10-3-2-8(5-12)9(4-10)6-13/h2-4,7H,14H2,1H3,(H,15,16)/t7-/m0/s1. The van der Waals surface area contributed by atoms with Crippen LogP contribution in [0.4, 0.5) is 5.69 Å². The monoisotopic (exact) mass is 214 g/mol. The van der Waals surface area contributed by atoms with Gasteiger partial charge in [-0.1, -0.05) is 0 Å². The SMILES string of the molecule is C[C@H](N)C(=O)Nc1ccc(C#N)c(C#N)c1. The summed E-state index contributed by atoms with van der Waals surface area (Å²) in [4.78, 5) is 11.3. The van der Waals surface area contributed by atoms with Crippen LogP contribution in [-0.4, -0.2) is 11.9 Å². The van der Waals surface area contributed by atoms with Gasteiger partial charge in [0.2, 0.25) is 5.91 Å². The number of nitrogens with two attached hydrogens (primary N) is 1. The summed E-state index contributed by atoms with van der Waals surface area (Å²) in [6.45, 7) is 1.56. The number of nitrogens with zero attached hydrogens (tertiary/aromatic N) is 2. The summed E-state index contributed by atoms with van der Waals surface area (Å²) in [5.41, 5.74) is 6.34. The van der Waals surface area contributed by atoms with Crippen molar-refractivity contribution in [3.05, 3.63) is 29.3 Å². The van der Waals surface area contributed by atoms with Crippen molar-refractivity contribution in [2.45, 2.75) is 13.0 Å². The minimum absolute atomic E-state index is 0.227. The molecule has 0 fully saturated rings. The van der Waals surface area contributed by atoms with Crippen LogP contribution in [0.2, 0.25) is 0 Å². The van der Waals surface area contributed by atoms with E-state index < -0.39 is 6.04 Å². The number of rotatable bonds is 2. The van der Waals surface area contributed by atoms with Crippen molar-refractivity contribution in [3.63, 3.8) is 0 Å². The number of hydrogen-bond donors (Lipinski definition) is 2. The van der Waals surface area contributed by atoms with Crippen molar-refractivity contribution in [1.29, 1.82) is 10.5 Å². The third-order valence-electron chi connectivity index (χ3n) is 1.94. The van der Waals surface area contributed by atoms with Gasteiger partial charge in [0, 0.05) is 5.69 Å². The molecule has 0 aliphatic rings. The fourth-order valence-electron chi connectivity index (χ4n) is 1.07. The molecule has 0 saturated carbocycles. The van der Waals surface area contributed by atoms with Crippen LogP contribution in [0, 0.1) is 22.7 Å². The van der Waals surface area contributed by atoms with Crippen LogP contribution in [0.15, 0.2) is 18.2 Å². The second-order valence-electron chi connectivity index (χ2n) is 3.26. The Labute approximate surface area is 93.1 Å². The van der Waals surface area contributed by atoms with Crippen molar-refractivity contribution in [2.24, 2.45) is 5.73 Å². The summed E-state index contributed by atoms with van der Waals surface area (Å²) in [6, 6.07) is 7.63. The number of carbonyl (C=O) groups is 1. The first kappa shape index (κ1) is 11.7. The highest BCUT2D eigenvalue weighted by Gasteiger charge is 2.09. The van der Waals surface area contributed by atoms with Crippen LogP contribution < -0.4 is 11.1 Å². The lowest BCUT2D eigenvalue weighted by Gasteiger charge is -2.07. The van der Waals surface area contributed by atoms with Crippen molar-refractivity contribution >= 4 is 11.6 Å². The minimum Gasteiger partial charge on any atom is -0.325 e. The van der Waals surface area contributed by atoms with E-state index in [1.165, 1.54) is 12.1 Å². The largest absolute Gasteiger partial charge is 0.325 e. The molecule has 0 heterocycles. The highest BCUT2D eigenvalue weighted by Crippen LogP contribution is 2.14. The molecule has 5 heteroatoms. The van der Waals surface area contributed by atoms with E-state index >= 15 is 0 Å². The molecule has 0 spiro atoms. The Kier molecular flexibility index (Phi) is 3.60. The van der Waals surface area contributed by atoms with Gasteiger partial charge in [-0.3, -0.25) is 4.79 Å². The number of anilines is 1. The maximum Gasteiger partial charge on any atom is 0.240 e. The van der Waals surface area contributed by atoms with Crippen molar-refractivity contribution in [3.8, 4) is 12.1 Å². The number of nitriles is 2.